The number of thiocarbonyl (C=S) groups is 1. The highest BCUT2D eigenvalue weighted by molar-refractivity contribution is 9.10. The van der Waals surface area contributed by atoms with Gasteiger partial charge in [0.05, 0.1) is 16.6 Å². The van der Waals surface area contributed by atoms with Crippen LogP contribution in [-0.2, 0) is 0 Å². The van der Waals surface area contributed by atoms with E-state index in [9.17, 15) is 9.18 Å². The van der Waals surface area contributed by atoms with E-state index in [1.54, 1.807) is 0 Å². The molecule has 0 spiro atoms. The first-order chi connectivity index (χ1) is 7.95. The Balaban J connectivity index is 2.89. The molecule has 0 fully saturated rings. The van der Waals surface area contributed by atoms with E-state index < -0.39 is 11.7 Å². The summed E-state index contributed by atoms with van der Waals surface area (Å²) < 4.78 is 13.6. The van der Waals surface area contributed by atoms with E-state index in [1.807, 2.05) is 6.92 Å². The Morgan fingerprint density at radius 2 is 2.29 bits per heavy atom. The number of nitrogens with one attached hydrogen (secondary N) is 1. The largest absolute Gasteiger partial charge is 0.392 e. The first kappa shape index (κ1) is 14.1. The van der Waals surface area contributed by atoms with Crippen molar-refractivity contribution in [2.24, 2.45) is 5.73 Å². The smallest absolute Gasteiger partial charge is 0.253 e. The molecule has 1 amide bonds. The van der Waals surface area contributed by atoms with Crippen molar-refractivity contribution in [2.45, 2.75) is 19.4 Å². The van der Waals surface area contributed by atoms with Gasteiger partial charge < -0.3 is 11.1 Å². The molecule has 0 aliphatic rings. The van der Waals surface area contributed by atoms with Crippen LogP contribution in [0.3, 0.4) is 0 Å². The van der Waals surface area contributed by atoms with Gasteiger partial charge in [0.2, 0.25) is 0 Å². The van der Waals surface area contributed by atoms with Crippen LogP contribution in [0.25, 0.3) is 0 Å². The van der Waals surface area contributed by atoms with E-state index in [1.165, 1.54) is 12.1 Å². The van der Waals surface area contributed by atoms with Crippen molar-refractivity contribution >= 4 is 39.0 Å². The van der Waals surface area contributed by atoms with Crippen molar-refractivity contribution in [2.75, 3.05) is 0 Å². The molecule has 3 N–H and O–H groups in total. The quantitative estimate of drug-likeness (QED) is 0.838. The standard InChI is InChI=1S/C11H12BrFN2OS/c1-2-9(10(14)17)15-11(16)7-5-6(13)3-4-8(7)12/h3-5,9H,2H2,1H3,(H2,14,17)(H,15,16). The third kappa shape index (κ3) is 3.74. The number of hydrogen-bond donors (Lipinski definition) is 2. The minimum Gasteiger partial charge on any atom is -0.392 e. The fourth-order valence-corrected chi connectivity index (χ4v) is 1.93. The van der Waals surface area contributed by atoms with E-state index >= 15 is 0 Å². The second kappa shape index (κ2) is 6.07. The summed E-state index contributed by atoms with van der Waals surface area (Å²) in [6.07, 6.45) is 0.591. The van der Waals surface area contributed by atoms with Crippen LogP contribution in [0.1, 0.15) is 23.7 Å². The van der Waals surface area contributed by atoms with Crippen LogP contribution >= 0.6 is 28.1 Å². The molecule has 0 aromatic heterocycles. The Morgan fingerprint density at radius 1 is 1.65 bits per heavy atom. The summed E-state index contributed by atoms with van der Waals surface area (Å²) in [5.41, 5.74) is 5.69. The second-order valence-corrected chi connectivity index (χ2v) is 4.79. The molecular weight excluding hydrogens is 307 g/mol. The van der Waals surface area contributed by atoms with Gasteiger partial charge in [-0.2, -0.15) is 0 Å². The van der Waals surface area contributed by atoms with Crippen LogP contribution in [-0.4, -0.2) is 16.9 Å². The van der Waals surface area contributed by atoms with E-state index in [0.29, 0.717) is 10.9 Å². The average Bonchev–Trinajstić information content (AvgIpc) is 2.28. The number of rotatable bonds is 4. The van der Waals surface area contributed by atoms with Crippen molar-refractivity contribution in [3.05, 3.63) is 34.1 Å². The van der Waals surface area contributed by atoms with E-state index in [-0.39, 0.29) is 16.6 Å². The summed E-state index contributed by atoms with van der Waals surface area (Å²) >= 11 is 8.01. The average molecular weight is 319 g/mol. The van der Waals surface area contributed by atoms with E-state index in [4.69, 9.17) is 18.0 Å². The van der Waals surface area contributed by atoms with Crippen molar-refractivity contribution in [3.63, 3.8) is 0 Å². The normalized spacial score (nSPS) is 11.9. The van der Waals surface area contributed by atoms with Gasteiger partial charge >= 0.3 is 0 Å². The lowest BCUT2D eigenvalue weighted by Gasteiger charge is -2.15. The lowest BCUT2D eigenvalue weighted by molar-refractivity contribution is 0.0945. The van der Waals surface area contributed by atoms with Gasteiger partial charge in [0, 0.05) is 4.47 Å². The number of hydrogen-bond acceptors (Lipinski definition) is 2. The minimum atomic E-state index is -0.471. The molecule has 0 saturated carbocycles. The van der Waals surface area contributed by atoms with E-state index in [2.05, 4.69) is 21.2 Å². The molecule has 0 radical (unpaired) electrons. The zero-order valence-corrected chi connectivity index (χ0v) is 11.6. The molecule has 1 aromatic carbocycles. The zero-order chi connectivity index (χ0) is 13.0. The number of benzene rings is 1. The first-order valence-corrected chi connectivity index (χ1v) is 6.21. The highest BCUT2D eigenvalue weighted by Crippen LogP contribution is 2.17. The minimum absolute atomic E-state index is 0.216. The van der Waals surface area contributed by atoms with Crippen LogP contribution in [0.15, 0.2) is 22.7 Å². The predicted octanol–water partition coefficient (Wildman–Crippen LogP) is 2.38. The fourth-order valence-electron chi connectivity index (χ4n) is 1.28. The van der Waals surface area contributed by atoms with Gasteiger partial charge in [-0.1, -0.05) is 19.1 Å². The second-order valence-electron chi connectivity index (χ2n) is 3.46. The highest BCUT2D eigenvalue weighted by atomic mass is 79.9. The molecule has 0 saturated heterocycles. The third-order valence-corrected chi connectivity index (χ3v) is 3.21. The molecule has 0 aliphatic heterocycles. The molecular formula is C11H12BrFN2OS. The maximum Gasteiger partial charge on any atom is 0.253 e. The molecule has 17 heavy (non-hydrogen) atoms. The summed E-state index contributed by atoms with van der Waals surface area (Å²) in [5.74, 6) is -0.877. The number of carbonyl (C=O) groups is 1. The molecule has 1 unspecified atom stereocenters. The maximum atomic E-state index is 13.0. The SMILES string of the molecule is CCC(NC(=O)c1cc(F)ccc1Br)C(N)=S. The van der Waals surface area contributed by atoms with Crippen molar-refractivity contribution in [1.29, 1.82) is 0 Å². The van der Waals surface area contributed by atoms with Crippen LogP contribution in [0, 0.1) is 5.82 Å². The predicted molar refractivity (Wildman–Crippen MR) is 72.4 cm³/mol. The summed E-state index contributed by atoms with van der Waals surface area (Å²) in [5, 5.41) is 2.65. The van der Waals surface area contributed by atoms with Crippen molar-refractivity contribution in [1.82, 2.24) is 5.32 Å². The van der Waals surface area contributed by atoms with Crippen molar-refractivity contribution in [3.8, 4) is 0 Å². The summed E-state index contributed by atoms with van der Waals surface area (Å²) in [6.45, 7) is 1.85. The van der Waals surface area contributed by atoms with Gasteiger partial charge in [-0.15, -0.1) is 0 Å². The molecule has 0 aliphatic carbocycles. The number of carbonyl (C=O) groups excluding carboxylic acids is 1. The van der Waals surface area contributed by atoms with Gasteiger partial charge in [-0.3, -0.25) is 4.79 Å². The zero-order valence-electron chi connectivity index (χ0n) is 9.17. The van der Waals surface area contributed by atoms with Gasteiger partial charge in [0.15, 0.2) is 0 Å². The number of halogens is 2. The lowest BCUT2D eigenvalue weighted by atomic mass is 10.1. The fraction of sp³-hybridized carbons (Fsp3) is 0.273. The Morgan fingerprint density at radius 3 is 2.82 bits per heavy atom. The van der Waals surface area contributed by atoms with Crippen LogP contribution in [0.2, 0.25) is 0 Å². The summed E-state index contributed by atoms with van der Waals surface area (Å²) in [6, 6.07) is 3.52. The lowest BCUT2D eigenvalue weighted by Crippen LogP contribution is -2.43. The number of amides is 1. The Hall–Kier alpha value is -1.01. The first-order valence-electron chi connectivity index (χ1n) is 5.01. The maximum absolute atomic E-state index is 13.0. The van der Waals surface area contributed by atoms with Gasteiger partial charge in [-0.25, -0.2) is 4.39 Å². The van der Waals surface area contributed by atoms with Gasteiger partial charge in [0.1, 0.15) is 5.82 Å². The van der Waals surface area contributed by atoms with Gasteiger partial charge in [-0.05, 0) is 40.5 Å². The molecule has 0 heterocycles. The highest BCUT2D eigenvalue weighted by Gasteiger charge is 2.16. The van der Waals surface area contributed by atoms with Crippen LogP contribution in [0.5, 0.6) is 0 Å². The van der Waals surface area contributed by atoms with Crippen LogP contribution < -0.4 is 11.1 Å². The summed E-state index contributed by atoms with van der Waals surface area (Å²) in [7, 11) is 0. The molecule has 0 bridgehead atoms. The van der Waals surface area contributed by atoms with E-state index in [0.717, 1.165) is 6.07 Å². The molecule has 1 atom stereocenters. The monoisotopic (exact) mass is 318 g/mol. The molecule has 1 aromatic rings. The Bertz CT molecular complexity index is 453. The van der Waals surface area contributed by atoms with Crippen LogP contribution in [0.4, 0.5) is 4.39 Å². The Labute approximate surface area is 113 Å². The molecule has 1 rings (SSSR count). The molecule has 92 valence electrons. The topological polar surface area (TPSA) is 55.1 Å². The third-order valence-electron chi connectivity index (χ3n) is 2.23. The molecule has 6 heteroatoms. The van der Waals surface area contributed by atoms with Gasteiger partial charge in [0.25, 0.3) is 5.91 Å². The number of nitrogens with two attached hydrogens (primary N) is 1. The molecule has 3 nitrogen and oxygen atoms in total. The Kier molecular flexibility index (Phi) is 5.02. The summed E-state index contributed by atoms with van der Waals surface area (Å²) in [4.78, 5) is 12.1. The van der Waals surface area contributed by atoms with Crippen molar-refractivity contribution < 1.29 is 9.18 Å².